The van der Waals surface area contributed by atoms with E-state index >= 15 is 0 Å². The molecule has 2 unspecified atom stereocenters. The summed E-state index contributed by atoms with van der Waals surface area (Å²) in [6.07, 6.45) is 0. The summed E-state index contributed by atoms with van der Waals surface area (Å²) >= 11 is 0. The molecule has 0 saturated carbocycles. The first-order chi connectivity index (χ1) is 14.6. The minimum Gasteiger partial charge on any atom is -0.334 e. The Hall–Kier alpha value is -3.93. The maximum Gasteiger partial charge on any atom is 0.254 e. The lowest BCUT2D eigenvalue weighted by Gasteiger charge is -2.39. The molecule has 0 saturated heterocycles. The predicted molar refractivity (Wildman–Crippen MR) is 115 cm³/mol. The molecule has 1 aromatic heterocycles. The molecule has 1 aliphatic rings. The number of H-pyrrole nitrogens is 1. The van der Waals surface area contributed by atoms with Gasteiger partial charge in [0.2, 0.25) is 11.9 Å². The highest BCUT2D eigenvalue weighted by Gasteiger charge is 2.42. The smallest absolute Gasteiger partial charge is 0.254 e. The number of anilines is 1. The number of benzene rings is 3. The number of aromatic amines is 1. The van der Waals surface area contributed by atoms with Crippen LogP contribution >= 0.6 is 0 Å². The predicted octanol–water partition coefficient (Wildman–Crippen LogP) is 4.11. The van der Waals surface area contributed by atoms with Crippen LogP contribution in [0.3, 0.4) is 0 Å². The summed E-state index contributed by atoms with van der Waals surface area (Å²) in [7, 11) is 1.75. The Morgan fingerprint density at radius 2 is 1.67 bits per heavy atom. The summed E-state index contributed by atoms with van der Waals surface area (Å²) in [4.78, 5) is 35.8. The number of aromatic nitrogens is 2. The van der Waals surface area contributed by atoms with Crippen LogP contribution in [0.5, 0.6) is 0 Å². The number of nitrogens with zero attached hydrogens (tertiary/aromatic N) is 2. The molecule has 2 atom stereocenters. The van der Waals surface area contributed by atoms with Gasteiger partial charge < -0.3 is 9.88 Å². The third-order valence-corrected chi connectivity index (χ3v) is 5.63. The van der Waals surface area contributed by atoms with Gasteiger partial charge in [0.05, 0.1) is 23.0 Å². The molecule has 0 radical (unpaired) electrons. The lowest BCUT2D eigenvalue weighted by Crippen LogP contribution is -2.44. The molecule has 4 aromatic rings. The first-order valence-corrected chi connectivity index (χ1v) is 9.80. The van der Waals surface area contributed by atoms with Crippen LogP contribution in [-0.4, -0.2) is 33.7 Å². The summed E-state index contributed by atoms with van der Waals surface area (Å²) in [6, 6.07) is 24.2. The number of para-hydroxylation sites is 2. The van der Waals surface area contributed by atoms with E-state index in [-0.39, 0.29) is 11.8 Å². The van der Waals surface area contributed by atoms with Crippen molar-refractivity contribution in [1.29, 1.82) is 0 Å². The van der Waals surface area contributed by atoms with Gasteiger partial charge >= 0.3 is 0 Å². The van der Waals surface area contributed by atoms with Gasteiger partial charge in [0.25, 0.3) is 5.91 Å². The highest BCUT2D eigenvalue weighted by molar-refractivity contribution is 6.04. The van der Waals surface area contributed by atoms with Gasteiger partial charge in [0.1, 0.15) is 0 Å². The van der Waals surface area contributed by atoms with E-state index in [2.05, 4.69) is 15.3 Å². The second-order valence-electron chi connectivity index (χ2n) is 7.43. The van der Waals surface area contributed by atoms with Gasteiger partial charge in [-0.3, -0.25) is 14.9 Å². The number of carbonyl (C=O) groups excluding carboxylic acids is 2. The number of carbonyl (C=O) groups is 2. The lowest BCUT2D eigenvalue weighted by molar-refractivity contribution is -0.119. The third-order valence-electron chi connectivity index (χ3n) is 5.63. The van der Waals surface area contributed by atoms with Gasteiger partial charge in [0.15, 0.2) is 0 Å². The van der Waals surface area contributed by atoms with Crippen molar-refractivity contribution in [3.05, 3.63) is 95.6 Å². The molecule has 0 aliphatic carbocycles. The molecular formula is C24H20N4O2. The zero-order valence-corrected chi connectivity index (χ0v) is 16.4. The quantitative estimate of drug-likeness (QED) is 0.547. The van der Waals surface area contributed by atoms with Crippen molar-refractivity contribution < 1.29 is 9.59 Å². The Kier molecular flexibility index (Phi) is 4.32. The van der Waals surface area contributed by atoms with Crippen molar-refractivity contribution in [2.75, 3.05) is 12.4 Å². The van der Waals surface area contributed by atoms with Gasteiger partial charge in [-0.2, -0.15) is 0 Å². The van der Waals surface area contributed by atoms with E-state index in [1.807, 2.05) is 72.8 Å². The van der Waals surface area contributed by atoms with E-state index in [1.54, 1.807) is 18.0 Å². The van der Waals surface area contributed by atoms with Crippen molar-refractivity contribution in [2.24, 2.45) is 0 Å². The molecule has 6 heteroatoms. The lowest BCUT2D eigenvalue weighted by atomic mass is 9.79. The number of hydrogen-bond donors (Lipinski definition) is 2. The molecule has 3 aromatic carbocycles. The van der Waals surface area contributed by atoms with Gasteiger partial charge in [0, 0.05) is 12.6 Å². The van der Waals surface area contributed by atoms with E-state index in [0.29, 0.717) is 11.5 Å². The zero-order chi connectivity index (χ0) is 20.7. The molecule has 6 nitrogen and oxygen atoms in total. The van der Waals surface area contributed by atoms with Crippen LogP contribution < -0.4 is 5.32 Å². The normalized spacial score (nSPS) is 18.3. The fourth-order valence-electron chi connectivity index (χ4n) is 4.23. The van der Waals surface area contributed by atoms with Gasteiger partial charge in [-0.15, -0.1) is 0 Å². The fourth-order valence-corrected chi connectivity index (χ4v) is 4.23. The monoisotopic (exact) mass is 396 g/mol. The van der Waals surface area contributed by atoms with Crippen LogP contribution in [0.15, 0.2) is 78.9 Å². The standard InChI is InChI=1S/C24H20N4O2/c1-28-21(15-9-3-2-4-10-15)20(16-11-5-6-12-17(16)23(28)30)22(29)27-24-25-18-13-7-8-14-19(18)26-24/h2-14,20-21H,1H3,(H2,25,26,27,29). The average molecular weight is 396 g/mol. The van der Waals surface area contributed by atoms with E-state index in [4.69, 9.17) is 0 Å². The fraction of sp³-hybridized carbons (Fsp3) is 0.125. The number of rotatable bonds is 3. The Labute approximate surface area is 173 Å². The molecular weight excluding hydrogens is 376 g/mol. The van der Waals surface area contributed by atoms with Gasteiger partial charge in [-0.25, -0.2) is 4.98 Å². The Morgan fingerprint density at radius 1 is 0.967 bits per heavy atom. The molecule has 0 fully saturated rings. The highest BCUT2D eigenvalue weighted by Crippen LogP contribution is 2.42. The third kappa shape index (κ3) is 2.93. The summed E-state index contributed by atoms with van der Waals surface area (Å²) < 4.78 is 0. The number of fused-ring (bicyclic) bond motifs is 2. The minimum atomic E-state index is -0.570. The van der Waals surface area contributed by atoms with E-state index in [9.17, 15) is 9.59 Å². The number of likely N-dealkylation sites (N-methyl/N-ethyl adjacent to an activating group) is 1. The second-order valence-corrected chi connectivity index (χ2v) is 7.43. The zero-order valence-electron chi connectivity index (χ0n) is 16.4. The van der Waals surface area contributed by atoms with Crippen molar-refractivity contribution in [3.8, 4) is 0 Å². The Bertz CT molecular complexity index is 1220. The number of nitrogens with one attached hydrogen (secondary N) is 2. The number of amides is 2. The molecule has 0 spiro atoms. The second kappa shape index (κ2) is 7.15. The molecule has 30 heavy (non-hydrogen) atoms. The van der Waals surface area contributed by atoms with Crippen LogP contribution in [-0.2, 0) is 4.79 Å². The highest BCUT2D eigenvalue weighted by atomic mass is 16.2. The van der Waals surface area contributed by atoms with Crippen LogP contribution in [0, 0.1) is 0 Å². The minimum absolute atomic E-state index is 0.0905. The average Bonchev–Trinajstić information content (AvgIpc) is 3.18. The summed E-state index contributed by atoms with van der Waals surface area (Å²) in [5.74, 6) is -0.480. The van der Waals surface area contributed by atoms with Crippen LogP contribution in [0.25, 0.3) is 11.0 Å². The number of hydrogen-bond acceptors (Lipinski definition) is 3. The van der Waals surface area contributed by atoms with Crippen molar-refractivity contribution in [2.45, 2.75) is 12.0 Å². The van der Waals surface area contributed by atoms with Crippen LogP contribution in [0.2, 0.25) is 0 Å². The maximum atomic E-state index is 13.5. The van der Waals surface area contributed by atoms with E-state index in [1.165, 1.54) is 0 Å². The number of imidazole rings is 1. The molecule has 2 amide bonds. The largest absolute Gasteiger partial charge is 0.334 e. The molecule has 1 aliphatic heterocycles. The topological polar surface area (TPSA) is 78.1 Å². The SMILES string of the molecule is CN1C(=O)c2ccccc2C(C(=O)Nc2nc3ccccc3[nH]2)C1c1ccccc1. The molecule has 5 rings (SSSR count). The molecule has 2 N–H and O–H groups in total. The first-order valence-electron chi connectivity index (χ1n) is 9.80. The summed E-state index contributed by atoms with van der Waals surface area (Å²) in [5.41, 5.74) is 3.82. The molecule has 2 heterocycles. The molecule has 148 valence electrons. The van der Waals surface area contributed by atoms with Crippen molar-refractivity contribution >= 4 is 28.8 Å². The van der Waals surface area contributed by atoms with Crippen molar-refractivity contribution in [1.82, 2.24) is 14.9 Å². The van der Waals surface area contributed by atoms with Crippen LogP contribution in [0.1, 0.15) is 33.4 Å². The van der Waals surface area contributed by atoms with Gasteiger partial charge in [-0.1, -0.05) is 60.7 Å². The Balaban J connectivity index is 1.59. The summed E-state index contributed by atoms with van der Waals surface area (Å²) in [6.45, 7) is 0. The van der Waals surface area contributed by atoms with Gasteiger partial charge in [-0.05, 0) is 29.3 Å². The van der Waals surface area contributed by atoms with Crippen LogP contribution in [0.4, 0.5) is 5.95 Å². The Morgan fingerprint density at radius 3 is 2.47 bits per heavy atom. The summed E-state index contributed by atoms with van der Waals surface area (Å²) in [5, 5.41) is 2.93. The van der Waals surface area contributed by atoms with Crippen molar-refractivity contribution in [3.63, 3.8) is 0 Å². The van der Waals surface area contributed by atoms with E-state index < -0.39 is 12.0 Å². The van der Waals surface area contributed by atoms with E-state index in [0.717, 1.165) is 22.2 Å². The first kappa shape index (κ1) is 18.1. The maximum absolute atomic E-state index is 13.5. The molecule has 0 bridgehead atoms.